The number of nitrogens with zero attached hydrogens (tertiary/aromatic N) is 3. The Labute approximate surface area is 159 Å². The normalized spacial score (nSPS) is 17.6. The number of methoxy groups -OCH3 is 1. The van der Waals surface area contributed by atoms with Crippen LogP contribution in [0.3, 0.4) is 0 Å². The first-order valence-electron chi connectivity index (χ1n) is 9.58. The number of carbonyl (C=O) groups excluding carboxylic acids is 1. The number of ether oxygens (including phenoxy) is 2. The maximum absolute atomic E-state index is 12.2. The molecule has 1 aromatic heterocycles. The van der Waals surface area contributed by atoms with E-state index in [0.29, 0.717) is 23.5 Å². The molecule has 1 amide bonds. The van der Waals surface area contributed by atoms with Gasteiger partial charge in [0.15, 0.2) is 0 Å². The van der Waals surface area contributed by atoms with Crippen molar-refractivity contribution in [2.24, 2.45) is 5.92 Å². The molecule has 1 saturated heterocycles. The molecule has 0 unspecified atom stereocenters. The Kier molecular flexibility index (Phi) is 4.97. The highest BCUT2D eigenvalue weighted by molar-refractivity contribution is 5.81. The summed E-state index contributed by atoms with van der Waals surface area (Å²) < 4.78 is 11.2. The lowest BCUT2D eigenvalue weighted by Crippen LogP contribution is -2.39. The minimum Gasteiger partial charge on any atom is -0.497 e. The van der Waals surface area contributed by atoms with Crippen molar-refractivity contribution in [2.45, 2.75) is 38.5 Å². The molecule has 0 atom stereocenters. The molecule has 6 heteroatoms. The Hall–Kier alpha value is -2.63. The molecular formula is C21H25N3O3. The number of benzene rings is 1. The van der Waals surface area contributed by atoms with Crippen molar-refractivity contribution in [3.05, 3.63) is 41.9 Å². The van der Waals surface area contributed by atoms with E-state index in [2.05, 4.69) is 9.97 Å². The summed E-state index contributed by atoms with van der Waals surface area (Å²) in [6.07, 6.45) is 3.93. The summed E-state index contributed by atoms with van der Waals surface area (Å²) >= 11 is 0. The fourth-order valence-corrected chi connectivity index (χ4v) is 3.53. The predicted octanol–water partition coefficient (Wildman–Crippen LogP) is 3.70. The van der Waals surface area contributed by atoms with E-state index in [1.54, 1.807) is 7.11 Å². The summed E-state index contributed by atoms with van der Waals surface area (Å²) in [5.41, 5.74) is 0.884. The first kappa shape index (κ1) is 17.8. The molecule has 1 saturated carbocycles. The zero-order valence-electron chi connectivity index (χ0n) is 15.9. The molecule has 0 N–H and O–H groups in total. The van der Waals surface area contributed by atoms with Gasteiger partial charge in [0.25, 0.3) is 0 Å². The third-order valence-corrected chi connectivity index (χ3v) is 5.21. The molecule has 27 heavy (non-hydrogen) atoms. The molecule has 0 spiro atoms. The van der Waals surface area contributed by atoms with Gasteiger partial charge >= 0.3 is 0 Å². The van der Waals surface area contributed by atoms with Gasteiger partial charge in [0.1, 0.15) is 17.3 Å². The van der Waals surface area contributed by atoms with Crippen molar-refractivity contribution in [1.29, 1.82) is 0 Å². The first-order chi connectivity index (χ1) is 13.1. The molecule has 142 valence electrons. The van der Waals surface area contributed by atoms with Crippen LogP contribution in [0.25, 0.3) is 0 Å². The second kappa shape index (κ2) is 7.55. The van der Waals surface area contributed by atoms with Crippen LogP contribution in [0, 0.1) is 12.8 Å². The first-order valence-corrected chi connectivity index (χ1v) is 9.58. The molecule has 0 bridgehead atoms. The van der Waals surface area contributed by atoms with Crippen molar-refractivity contribution < 1.29 is 14.3 Å². The SMILES string of the molecule is COc1cccc(Oc2cc(C)nc(C3CCN(C(=O)C4CC4)CC3)n2)c1. The number of piperidine rings is 1. The van der Waals surface area contributed by atoms with Crippen LogP contribution in [0.1, 0.15) is 43.1 Å². The standard InChI is InChI=1S/C21H25N3O3/c1-14-12-19(27-18-5-3-4-17(13-18)26-2)23-20(22-14)15-8-10-24(11-9-15)21(25)16-6-7-16/h3-5,12-13,15-16H,6-11H2,1-2H3. The minimum atomic E-state index is 0.265. The number of carbonyl (C=O) groups is 1. The van der Waals surface area contributed by atoms with E-state index in [-0.39, 0.29) is 5.92 Å². The molecule has 1 aromatic carbocycles. The quantitative estimate of drug-likeness (QED) is 0.806. The number of amides is 1. The average Bonchev–Trinajstić information content (AvgIpc) is 3.52. The predicted molar refractivity (Wildman–Crippen MR) is 101 cm³/mol. The molecule has 2 aliphatic rings. The number of aromatic nitrogens is 2. The summed E-state index contributed by atoms with van der Waals surface area (Å²) in [5, 5.41) is 0. The van der Waals surface area contributed by atoms with Crippen molar-refractivity contribution in [1.82, 2.24) is 14.9 Å². The third-order valence-electron chi connectivity index (χ3n) is 5.21. The lowest BCUT2D eigenvalue weighted by Gasteiger charge is -2.31. The molecule has 1 aliphatic carbocycles. The molecule has 2 heterocycles. The van der Waals surface area contributed by atoms with Gasteiger partial charge < -0.3 is 14.4 Å². The zero-order chi connectivity index (χ0) is 18.8. The van der Waals surface area contributed by atoms with Crippen molar-refractivity contribution in [3.8, 4) is 17.4 Å². The van der Waals surface area contributed by atoms with Crippen LogP contribution in [0.2, 0.25) is 0 Å². The lowest BCUT2D eigenvalue weighted by molar-refractivity contribution is -0.133. The summed E-state index contributed by atoms with van der Waals surface area (Å²) in [4.78, 5) is 23.5. The van der Waals surface area contributed by atoms with Gasteiger partial charge in [-0.2, -0.15) is 4.98 Å². The third kappa shape index (κ3) is 4.21. The highest BCUT2D eigenvalue weighted by Crippen LogP contribution is 2.34. The van der Waals surface area contributed by atoms with Crippen LogP contribution >= 0.6 is 0 Å². The average molecular weight is 367 g/mol. The van der Waals surface area contributed by atoms with Gasteiger partial charge in [-0.05, 0) is 44.7 Å². The molecule has 2 fully saturated rings. The van der Waals surface area contributed by atoms with E-state index in [4.69, 9.17) is 9.47 Å². The smallest absolute Gasteiger partial charge is 0.225 e. The van der Waals surface area contributed by atoms with Crippen LogP contribution in [-0.4, -0.2) is 41.0 Å². The van der Waals surface area contributed by atoms with Crippen LogP contribution in [-0.2, 0) is 4.79 Å². The van der Waals surface area contributed by atoms with E-state index in [0.717, 1.165) is 56.0 Å². The van der Waals surface area contributed by atoms with Gasteiger partial charge in [-0.1, -0.05) is 6.07 Å². The molecule has 2 aromatic rings. The Morgan fingerprint density at radius 3 is 2.52 bits per heavy atom. The van der Waals surface area contributed by atoms with E-state index in [1.165, 1.54) is 0 Å². The second-order valence-electron chi connectivity index (χ2n) is 7.36. The Bertz CT molecular complexity index is 827. The van der Waals surface area contributed by atoms with Crippen LogP contribution < -0.4 is 9.47 Å². The van der Waals surface area contributed by atoms with Gasteiger partial charge in [0, 0.05) is 42.8 Å². The molecule has 6 nitrogen and oxygen atoms in total. The van der Waals surface area contributed by atoms with Gasteiger partial charge in [0.2, 0.25) is 11.8 Å². The van der Waals surface area contributed by atoms with Crippen LogP contribution in [0.4, 0.5) is 0 Å². The molecule has 4 rings (SSSR count). The van der Waals surface area contributed by atoms with Crippen molar-refractivity contribution in [2.75, 3.05) is 20.2 Å². The maximum atomic E-state index is 12.2. The number of likely N-dealkylation sites (tertiary alicyclic amines) is 1. The largest absolute Gasteiger partial charge is 0.497 e. The van der Waals surface area contributed by atoms with Gasteiger partial charge in [-0.25, -0.2) is 4.98 Å². The summed E-state index contributed by atoms with van der Waals surface area (Å²) in [6, 6.07) is 9.31. The number of rotatable bonds is 5. The Balaban J connectivity index is 1.45. The van der Waals surface area contributed by atoms with Gasteiger partial charge in [0.05, 0.1) is 7.11 Å². The van der Waals surface area contributed by atoms with Gasteiger partial charge in [-0.15, -0.1) is 0 Å². The summed E-state index contributed by atoms with van der Waals surface area (Å²) in [5.74, 6) is 3.67. The highest BCUT2D eigenvalue weighted by atomic mass is 16.5. The second-order valence-corrected chi connectivity index (χ2v) is 7.36. The number of hydrogen-bond acceptors (Lipinski definition) is 5. The van der Waals surface area contributed by atoms with Crippen molar-refractivity contribution in [3.63, 3.8) is 0 Å². The number of aryl methyl sites for hydroxylation is 1. The van der Waals surface area contributed by atoms with E-state index in [9.17, 15) is 4.79 Å². The van der Waals surface area contributed by atoms with Crippen molar-refractivity contribution >= 4 is 5.91 Å². The Morgan fingerprint density at radius 2 is 1.81 bits per heavy atom. The topological polar surface area (TPSA) is 64.6 Å². The summed E-state index contributed by atoms with van der Waals surface area (Å²) in [7, 11) is 1.63. The highest BCUT2D eigenvalue weighted by Gasteiger charge is 2.35. The molecule has 1 aliphatic heterocycles. The lowest BCUT2D eigenvalue weighted by atomic mass is 9.95. The molecular weight excluding hydrogens is 342 g/mol. The van der Waals surface area contributed by atoms with Crippen LogP contribution in [0.5, 0.6) is 17.4 Å². The summed E-state index contributed by atoms with van der Waals surface area (Å²) in [6.45, 7) is 3.54. The number of hydrogen-bond donors (Lipinski definition) is 0. The minimum absolute atomic E-state index is 0.265. The van der Waals surface area contributed by atoms with E-state index >= 15 is 0 Å². The van der Waals surface area contributed by atoms with Gasteiger partial charge in [-0.3, -0.25) is 4.79 Å². The maximum Gasteiger partial charge on any atom is 0.225 e. The monoisotopic (exact) mass is 367 g/mol. The fraction of sp³-hybridized carbons (Fsp3) is 0.476. The van der Waals surface area contributed by atoms with E-state index < -0.39 is 0 Å². The zero-order valence-corrected chi connectivity index (χ0v) is 15.9. The van der Waals surface area contributed by atoms with E-state index in [1.807, 2.05) is 42.2 Å². The van der Waals surface area contributed by atoms with Crippen LogP contribution in [0.15, 0.2) is 30.3 Å². The molecule has 0 radical (unpaired) electrons. The fourth-order valence-electron chi connectivity index (χ4n) is 3.53. The Morgan fingerprint density at radius 1 is 1.07 bits per heavy atom.